The van der Waals surface area contributed by atoms with Gasteiger partial charge in [0.1, 0.15) is 0 Å². The Kier molecular flexibility index (Phi) is 3.65. The van der Waals surface area contributed by atoms with Gasteiger partial charge >= 0.3 is 0 Å². The van der Waals surface area contributed by atoms with Gasteiger partial charge in [0.2, 0.25) is 0 Å². The first-order valence-electron chi connectivity index (χ1n) is 6.26. The van der Waals surface area contributed by atoms with Gasteiger partial charge in [0.15, 0.2) is 0 Å². The second-order valence-corrected chi connectivity index (χ2v) is 5.47. The van der Waals surface area contributed by atoms with Gasteiger partial charge in [-0.2, -0.15) is 0 Å². The van der Waals surface area contributed by atoms with Crippen LogP contribution in [0.1, 0.15) is 33.1 Å². The summed E-state index contributed by atoms with van der Waals surface area (Å²) >= 11 is 0. The third kappa shape index (κ3) is 3.16. The van der Waals surface area contributed by atoms with E-state index >= 15 is 0 Å². The van der Waals surface area contributed by atoms with Gasteiger partial charge < -0.3 is 15.4 Å². The van der Waals surface area contributed by atoms with E-state index in [-0.39, 0.29) is 5.60 Å². The molecule has 1 saturated carbocycles. The molecule has 1 aliphatic heterocycles. The van der Waals surface area contributed by atoms with Crippen molar-refractivity contribution in [3.8, 4) is 0 Å². The predicted molar refractivity (Wildman–Crippen MR) is 62.0 cm³/mol. The molecule has 1 saturated heterocycles. The maximum Gasteiger partial charge on any atom is 0.0902 e. The predicted octanol–water partition coefficient (Wildman–Crippen LogP) is 1.14. The fraction of sp³-hybridized carbons (Fsp3) is 1.00. The van der Waals surface area contributed by atoms with Crippen LogP contribution in [-0.2, 0) is 4.74 Å². The van der Waals surface area contributed by atoms with Crippen molar-refractivity contribution in [1.82, 2.24) is 10.6 Å². The van der Waals surface area contributed by atoms with Crippen LogP contribution in [0.4, 0.5) is 0 Å². The average Bonchev–Trinajstić information content (AvgIpc) is 2.56. The smallest absolute Gasteiger partial charge is 0.0902 e. The van der Waals surface area contributed by atoms with Crippen LogP contribution in [0.5, 0.6) is 0 Å². The molecule has 0 aromatic carbocycles. The molecule has 3 nitrogen and oxygen atoms in total. The summed E-state index contributed by atoms with van der Waals surface area (Å²) in [6.07, 6.45) is 4.08. The standard InChI is InChI=1S/C12H24N2O/c1-10-3-4-11(7-10)14-5-6-15-12(2)8-13-9-12/h10-11,13-14H,3-9H2,1-2H3. The van der Waals surface area contributed by atoms with E-state index in [1.54, 1.807) is 0 Å². The van der Waals surface area contributed by atoms with Crippen LogP contribution < -0.4 is 10.6 Å². The molecule has 2 atom stereocenters. The van der Waals surface area contributed by atoms with E-state index < -0.39 is 0 Å². The molecule has 0 aromatic heterocycles. The lowest BCUT2D eigenvalue weighted by atomic mass is 10.0. The van der Waals surface area contributed by atoms with Gasteiger partial charge in [-0.25, -0.2) is 0 Å². The molecule has 2 rings (SSSR count). The van der Waals surface area contributed by atoms with Gasteiger partial charge in [-0.3, -0.25) is 0 Å². The molecule has 1 aliphatic carbocycles. The van der Waals surface area contributed by atoms with Crippen LogP contribution in [0.3, 0.4) is 0 Å². The Balaban J connectivity index is 1.51. The molecular formula is C12H24N2O. The van der Waals surface area contributed by atoms with Crippen molar-refractivity contribution in [2.75, 3.05) is 26.2 Å². The maximum absolute atomic E-state index is 5.83. The molecule has 0 bridgehead atoms. The molecule has 1 heterocycles. The highest BCUT2D eigenvalue weighted by Crippen LogP contribution is 2.24. The van der Waals surface area contributed by atoms with Crippen molar-refractivity contribution in [3.05, 3.63) is 0 Å². The molecule has 0 aromatic rings. The quantitative estimate of drug-likeness (QED) is 0.671. The number of hydrogen-bond acceptors (Lipinski definition) is 3. The highest BCUT2D eigenvalue weighted by atomic mass is 16.5. The fourth-order valence-corrected chi connectivity index (χ4v) is 2.53. The largest absolute Gasteiger partial charge is 0.371 e. The van der Waals surface area contributed by atoms with Crippen LogP contribution in [0.15, 0.2) is 0 Å². The van der Waals surface area contributed by atoms with Crippen molar-refractivity contribution in [2.24, 2.45) is 5.92 Å². The summed E-state index contributed by atoms with van der Waals surface area (Å²) in [5.41, 5.74) is 0.116. The summed E-state index contributed by atoms with van der Waals surface area (Å²) in [7, 11) is 0. The third-order valence-corrected chi connectivity index (χ3v) is 3.68. The minimum atomic E-state index is 0.116. The highest BCUT2D eigenvalue weighted by Gasteiger charge is 2.32. The van der Waals surface area contributed by atoms with Gasteiger partial charge in [-0.1, -0.05) is 6.92 Å². The minimum Gasteiger partial charge on any atom is -0.371 e. The van der Waals surface area contributed by atoms with E-state index in [4.69, 9.17) is 4.74 Å². The normalized spacial score (nSPS) is 34.0. The van der Waals surface area contributed by atoms with Gasteiger partial charge in [0.05, 0.1) is 12.2 Å². The van der Waals surface area contributed by atoms with E-state index in [2.05, 4.69) is 24.5 Å². The Morgan fingerprint density at radius 3 is 2.73 bits per heavy atom. The molecule has 3 heteroatoms. The van der Waals surface area contributed by atoms with Crippen LogP contribution >= 0.6 is 0 Å². The Morgan fingerprint density at radius 2 is 2.20 bits per heavy atom. The number of ether oxygens (including phenoxy) is 1. The van der Waals surface area contributed by atoms with Gasteiger partial charge in [0, 0.05) is 25.7 Å². The van der Waals surface area contributed by atoms with E-state index in [1.165, 1.54) is 19.3 Å². The van der Waals surface area contributed by atoms with Crippen LogP contribution in [0.2, 0.25) is 0 Å². The van der Waals surface area contributed by atoms with Gasteiger partial charge in [-0.05, 0) is 32.1 Å². The Bertz CT molecular complexity index is 204. The minimum absolute atomic E-state index is 0.116. The first-order valence-corrected chi connectivity index (χ1v) is 6.26. The molecular weight excluding hydrogens is 188 g/mol. The number of nitrogens with one attached hydrogen (secondary N) is 2. The van der Waals surface area contributed by atoms with Gasteiger partial charge in [-0.15, -0.1) is 0 Å². The third-order valence-electron chi connectivity index (χ3n) is 3.68. The monoisotopic (exact) mass is 212 g/mol. The molecule has 2 N–H and O–H groups in total. The first-order chi connectivity index (χ1) is 7.18. The Labute approximate surface area is 93.0 Å². The van der Waals surface area contributed by atoms with Crippen LogP contribution in [0, 0.1) is 5.92 Å². The van der Waals surface area contributed by atoms with Crippen molar-refractivity contribution in [2.45, 2.75) is 44.8 Å². The molecule has 0 spiro atoms. The van der Waals surface area contributed by atoms with Crippen molar-refractivity contribution in [3.63, 3.8) is 0 Å². The molecule has 15 heavy (non-hydrogen) atoms. The molecule has 0 radical (unpaired) electrons. The summed E-state index contributed by atoms with van der Waals surface area (Å²) < 4.78 is 5.83. The second kappa shape index (κ2) is 4.81. The van der Waals surface area contributed by atoms with Gasteiger partial charge in [0.25, 0.3) is 0 Å². The molecule has 0 amide bonds. The zero-order chi connectivity index (χ0) is 10.7. The molecule has 2 fully saturated rings. The van der Waals surface area contributed by atoms with Crippen LogP contribution in [0.25, 0.3) is 0 Å². The summed E-state index contributed by atoms with van der Waals surface area (Å²) in [6.45, 7) is 8.40. The Morgan fingerprint density at radius 1 is 1.40 bits per heavy atom. The van der Waals surface area contributed by atoms with Crippen molar-refractivity contribution in [1.29, 1.82) is 0 Å². The molecule has 2 unspecified atom stereocenters. The lowest BCUT2D eigenvalue weighted by Crippen LogP contribution is -2.59. The van der Waals surface area contributed by atoms with E-state index in [0.717, 1.165) is 38.2 Å². The first kappa shape index (κ1) is 11.4. The lowest BCUT2D eigenvalue weighted by Gasteiger charge is -2.39. The average molecular weight is 212 g/mol. The summed E-state index contributed by atoms with van der Waals surface area (Å²) in [4.78, 5) is 0. The molecule has 88 valence electrons. The SMILES string of the molecule is CC1CCC(NCCOC2(C)CNC2)C1. The topological polar surface area (TPSA) is 33.3 Å². The number of hydrogen-bond donors (Lipinski definition) is 2. The number of rotatable bonds is 5. The summed E-state index contributed by atoms with van der Waals surface area (Å²) in [5.74, 6) is 0.914. The lowest BCUT2D eigenvalue weighted by molar-refractivity contribution is -0.0652. The van der Waals surface area contributed by atoms with Crippen molar-refractivity contribution >= 4 is 0 Å². The second-order valence-electron chi connectivity index (χ2n) is 5.47. The summed E-state index contributed by atoms with van der Waals surface area (Å²) in [5, 5.41) is 6.83. The zero-order valence-electron chi connectivity index (χ0n) is 10.0. The molecule has 2 aliphatic rings. The fourth-order valence-electron chi connectivity index (χ4n) is 2.53. The summed E-state index contributed by atoms with van der Waals surface area (Å²) in [6, 6.07) is 0.746. The van der Waals surface area contributed by atoms with Crippen LogP contribution in [-0.4, -0.2) is 37.9 Å². The van der Waals surface area contributed by atoms with Crippen molar-refractivity contribution < 1.29 is 4.74 Å². The van der Waals surface area contributed by atoms with E-state index in [9.17, 15) is 0 Å². The van der Waals surface area contributed by atoms with E-state index in [0.29, 0.717) is 0 Å². The Hall–Kier alpha value is -0.120. The highest BCUT2D eigenvalue weighted by molar-refractivity contribution is 4.90. The zero-order valence-corrected chi connectivity index (χ0v) is 10.0. The van der Waals surface area contributed by atoms with E-state index in [1.807, 2.05) is 0 Å². The maximum atomic E-state index is 5.83.